The third-order valence-corrected chi connectivity index (χ3v) is 5.28. The first-order valence-electron chi connectivity index (χ1n) is 7.68. The van der Waals surface area contributed by atoms with Crippen molar-refractivity contribution in [3.8, 4) is 22.6 Å². The fourth-order valence-electron chi connectivity index (χ4n) is 3.05. The van der Waals surface area contributed by atoms with Gasteiger partial charge in [-0.2, -0.15) is 0 Å². The second-order valence-corrected chi connectivity index (χ2v) is 6.96. The van der Waals surface area contributed by atoms with E-state index in [-0.39, 0.29) is 23.5 Å². The molecule has 4 rings (SSSR count). The highest BCUT2D eigenvalue weighted by Crippen LogP contribution is 2.41. The van der Waals surface area contributed by atoms with Crippen molar-refractivity contribution in [1.82, 2.24) is 4.72 Å². The molecule has 0 aliphatic carbocycles. The lowest BCUT2D eigenvalue weighted by atomic mass is 9.96. The van der Waals surface area contributed by atoms with E-state index in [4.69, 9.17) is 0 Å². The maximum absolute atomic E-state index is 15.3. The SMILES string of the molecule is O=C1CN(c2c(O)ccc(-c3cc(O)cc4ccccc34)c2F)S(=O)N1. The quantitative estimate of drug-likeness (QED) is 0.645. The molecule has 8 heteroatoms. The number of halogens is 1. The predicted octanol–water partition coefficient (Wildman–Crippen LogP) is 2.57. The van der Waals surface area contributed by atoms with Gasteiger partial charge in [-0.15, -0.1) is 0 Å². The summed E-state index contributed by atoms with van der Waals surface area (Å²) in [5, 5.41) is 21.5. The fraction of sp³-hybridized carbons (Fsp3) is 0.0556. The zero-order valence-electron chi connectivity index (χ0n) is 13.3. The van der Waals surface area contributed by atoms with Gasteiger partial charge >= 0.3 is 0 Å². The molecular weight excluding hydrogens is 359 g/mol. The number of hydrogen-bond acceptors (Lipinski definition) is 4. The lowest BCUT2D eigenvalue weighted by molar-refractivity contribution is -0.117. The third kappa shape index (κ3) is 2.55. The van der Waals surface area contributed by atoms with E-state index in [0.717, 1.165) is 9.69 Å². The van der Waals surface area contributed by atoms with Gasteiger partial charge in [0.25, 0.3) is 5.91 Å². The molecule has 1 heterocycles. The van der Waals surface area contributed by atoms with E-state index in [1.807, 2.05) is 0 Å². The van der Waals surface area contributed by atoms with Gasteiger partial charge < -0.3 is 10.2 Å². The molecule has 1 saturated heterocycles. The molecule has 1 aliphatic rings. The zero-order chi connectivity index (χ0) is 18.4. The van der Waals surface area contributed by atoms with E-state index < -0.39 is 28.6 Å². The maximum atomic E-state index is 15.3. The number of anilines is 1. The normalized spacial score (nSPS) is 16.9. The molecule has 1 fully saturated rings. The van der Waals surface area contributed by atoms with Gasteiger partial charge in [0.2, 0.25) is 11.2 Å². The Morgan fingerprint density at radius 1 is 1.08 bits per heavy atom. The minimum Gasteiger partial charge on any atom is -0.508 e. The molecule has 0 spiro atoms. The average Bonchev–Trinajstić information content (AvgIpc) is 2.92. The smallest absolute Gasteiger partial charge is 0.253 e. The molecule has 3 aromatic carbocycles. The monoisotopic (exact) mass is 372 g/mol. The summed E-state index contributed by atoms with van der Waals surface area (Å²) in [6.45, 7) is -0.332. The van der Waals surface area contributed by atoms with Gasteiger partial charge in [0.05, 0.1) is 0 Å². The van der Waals surface area contributed by atoms with Gasteiger partial charge in [-0.25, -0.2) is 8.60 Å². The first-order valence-corrected chi connectivity index (χ1v) is 8.79. The number of carbonyl (C=O) groups excluding carboxylic acids is 1. The standard InChI is InChI=1S/C18H13FN2O4S/c19-17-13(14-8-11(22)7-10-3-1-2-4-12(10)14)5-6-15(23)18(17)21-9-16(24)20-26(21)25/h1-8,22-23H,9H2,(H,20,24). The van der Waals surface area contributed by atoms with Crippen molar-refractivity contribution in [3.63, 3.8) is 0 Å². The molecule has 0 radical (unpaired) electrons. The fourth-order valence-corrected chi connectivity index (χ4v) is 4.00. The van der Waals surface area contributed by atoms with Crippen LogP contribution in [0.4, 0.5) is 10.1 Å². The Morgan fingerprint density at radius 3 is 2.58 bits per heavy atom. The summed E-state index contributed by atoms with van der Waals surface area (Å²) in [5.41, 5.74) is 0.205. The van der Waals surface area contributed by atoms with Crippen molar-refractivity contribution >= 4 is 33.5 Å². The number of amides is 1. The van der Waals surface area contributed by atoms with Crippen LogP contribution >= 0.6 is 0 Å². The van der Waals surface area contributed by atoms with E-state index in [0.29, 0.717) is 10.9 Å². The second kappa shape index (κ2) is 5.99. The lowest BCUT2D eigenvalue weighted by Gasteiger charge is -2.18. The first kappa shape index (κ1) is 16.3. The Bertz CT molecular complexity index is 1090. The van der Waals surface area contributed by atoms with Crippen LogP contribution in [0.2, 0.25) is 0 Å². The Morgan fingerprint density at radius 2 is 1.85 bits per heavy atom. The number of hydrogen-bond donors (Lipinski definition) is 3. The molecule has 0 aromatic heterocycles. The van der Waals surface area contributed by atoms with Gasteiger partial charge in [0.15, 0.2) is 5.82 Å². The largest absolute Gasteiger partial charge is 0.508 e. The van der Waals surface area contributed by atoms with Crippen molar-refractivity contribution < 1.29 is 23.6 Å². The summed E-state index contributed by atoms with van der Waals surface area (Å²) in [6, 6.07) is 12.8. The summed E-state index contributed by atoms with van der Waals surface area (Å²) in [5.74, 6) is -1.82. The molecular formula is C18H13FN2O4S. The Kier molecular flexibility index (Phi) is 3.77. The molecule has 0 bridgehead atoms. The van der Waals surface area contributed by atoms with Gasteiger partial charge in [0, 0.05) is 5.56 Å². The van der Waals surface area contributed by atoms with E-state index in [1.165, 1.54) is 18.2 Å². The van der Waals surface area contributed by atoms with Crippen molar-refractivity contribution in [3.05, 3.63) is 54.3 Å². The highest BCUT2D eigenvalue weighted by Gasteiger charge is 2.32. The summed E-state index contributed by atoms with van der Waals surface area (Å²) in [7, 11) is 0. The number of fused-ring (bicyclic) bond motifs is 1. The van der Waals surface area contributed by atoms with Gasteiger partial charge in [-0.3, -0.25) is 13.8 Å². The predicted molar refractivity (Wildman–Crippen MR) is 96.3 cm³/mol. The van der Waals surface area contributed by atoms with Crippen molar-refractivity contribution in [2.45, 2.75) is 0 Å². The van der Waals surface area contributed by atoms with Gasteiger partial charge in [-0.1, -0.05) is 24.3 Å². The van der Waals surface area contributed by atoms with E-state index in [1.54, 1.807) is 30.3 Å². The third-order valence-electron chi connectivity index (χ3n) is 4.17. The Labute approximate surface area is 150 Å². The minimum atomic E-state index is -1.97. The molecule has 6 nitrogen and oxygen atoms in total. The number of nitrogens with zero attached hydrogens (tertiary/aromatic N) is 1. The van der Waals surface area contributed by atoms with Gasteiger partial charge in [0.1, 0.15) is 23.7 Å². The minimum absolute atomic E-state index is 0.0330. The van der Waals surface area contributed by atoms with Crippen LogP contribution < -0.4 is 9.03 Å². The average molecular weight is 372 g/mol. The molecule has 26 heavy (non-hydrogen) atoms. The number of carbonyl (C=O) groups is 1. The van der Waals surface area contributed by atoms with Crippen LogP contribution in [0, 0.1) is 5.82 Å². The first-order chi connectivity index (χ1) is 12.5. The number of nitrogens with one attached hydrogen (secondary N) is 1. The van der Waals surface area contributed by atoms with Crippen LogP contribution in [0.1, 0.15) is 0 Å². The van der Waals surface area contributed by atoms with Crippen molar-refractivity contribution in [1.29, 1.82) is 0 Å². The summed E-state index contributed by atoms with van der Waals surface area (Å²) < 4.78 is 30.4. The summed E-state index contributed by atoms with van der Waals surface area (Å²) in [6.07, 6.45) is 0. The lowest BCUT2D eigenvalue weighted by Crippen LogP contribution is -2.23. The molecule has 1 aliphatic heterocycles. The van der Waals surface area contributed by atoms with Crippen LogP contribution in [0.5, 0.6) is 11.5 Å². The number of phenolic OH excluding ortho intramolecular Hbond substituents is 2. The molecule has 3 aromatic rings. The molecule has 1 unspecified atom stereocenters. The topological polar surface area (TPSA) is 89.9 Å². The van der Waals surface area contributed by atoms with Crippen LogP contribution in [0.25, 0.3) is 21.9 Å². The summed E-state index contributed by atoms with van der Waals surface area (Å²) >= 11 is -1.97. The zero-order valence-corrected chi connectivity index (χ0v) is 14.1. The Balaban J connectivity index is 1.96. The Hall–Kier alpha value is -3.13. The molecule has 1 atom stereocenters. The van der Waals surface area contributed by atoms with Crippen LogP contribution in [-0.4, -0.2) is 26.9 Å². The van der Waals surface area contributed by atoms with Crippen LogP contribution in [-0.2, 0) is 16.0 Å². The molecule has 1 amide bonds. The number of benzene rings is 3. The van der Waals surface area contributed by atoms with Gasteiger partial charge in [-0.05, 0) is 40.6 Å². The van der Waals surface area contributed by atoms with Crippen molar-refractivity contribution in [2.75, 3.05) is 10.8 Å². The summed E-state index contributed by atoms with van der Waals surface area (Å²) in [4.78, 5) is 11.5. The van der Waals surface area contributed by atoms with Crippen molar-refractivity contribution in [2.24, 2.45) is 0 Å². The number of aromatic hydroxyl groups is 2. The molecule has 132 valence electrons. The van der Waals surface area contributed by atoms with E-state index in [9.17, 15) is 19.2 Å². The van der Waals surface area contributed by atoms with E-state index >= 15 is 4.39 Å². The highest BCUT2D eigenvalue weighted by molar-refractivity contribution is 7.85. The van der Waals surface area contributed by atoms with Crippen LogP contribution in [0.3, 0.4) is 0 Å². The molecule has 3 N–H and O–H groups in total. The number of rotatable bonds is 2. The molecule has 0 saturated carbocycles. The van der Waals surface area contributed by atoms with Crippen LogP contribution in [0.15, 0.2) is 48.5 Å². The van der Waals surface area contributed by atoms with E-state index in [2.05, 4.69) is 4.72 Å². The second-order valence-electron chi connectivity index (χ2n) is 5.82. The number of phenols is 2. The maximum Gasteiger partial charge on any atom is 0.253 e. The highest BCUT2D eigenvalue weighted by atomic mass is 32.2.